The fraction of sp³-hybridized carbons (Fsp3) is 0.579. The van der Waals surface area contributed by atoms with Crippen LogP contribution in [0.1, 0.15) is 44.1 Å². The van der Waals surface area contributed by atoms with Crippen molar-refractivity contribution >= 4 is 5.97 Å². The summed E-state index contributed by atoms with van der Waals surface area (Å²) >= 11 is 0. The maximum absolute atomic E-state index is 12.6. The van der Waals surface area contributed by atoms with E-state index in [1.165, 1.54) is 6.07 Å². The van der Waals surface area contributed by atoms with Crippen LogP contribution in [0.25, 0.3) is 0 Å². The number of alkyl halides is 2. The molecule has 0 atom stereocenters. The smallest absolute Gasteiger partial charge is 0.387 e. The predicted molar refractivity (Wildman–Crippen MR) is 88.2 cm³/mol. The number of aliphatic carboxylic acids is 1. The van der Waals surface area contributed by atoms with Gasteiger partial charge in [0.1, 0.15) is 0 Å². The van der Waals surface area contributed by atoms with E-state index in [0.29, 0.717) is 43.8 Å². The van der Waals surface area contributed by atoms with Crippen molar-refractivity contribution in [2.24, 2.45) is 11.8 Å². The Balaban J connectivity index is 1.84. The quantitative estimate of drug-likeness (QED) is 0.786. The highest BCUT2D eigenvalue weighted by atomic mass is 19.3. The monoisotopic (exact) mass is 365 g/mol. The van der Waals surface area contributed by atoms with E-state index < -0.39 is 23.9 Å². The van der Waals surface area contributed by atoms with E-state index in [1.807, 2.05) is 0 Å². The van der Waals surface area contributed by atoms with Crippen LogP contribution in [0.3, 0.4) is 0 Å². The molecule has 1 N–H and O–H groups in total. The molecule has 2 aliphatic rings. The van der Waals surface area contributed by atoms with Gasteiger partial charge in [-0.3, -0.25) is 4.79 Å². The van der Waals surface area contributed by atoms with Crippen LogP contribution in [0.5, 0.6) is 11.5 Å². The Kier molecular flexibility index (Phi) is 5.30. The first kappa shape index (κ1) is 18.4. The molecule has 0 amide bonds. The molecule has 3 rings (SSSR count). The standard InChI is InChI=1S/C19H21F2NO4/c20-18(21)26-15-4-3-14(9-16(15)25-10-12-1-2-12)19(11-22)7-5-13(6-8-19)17(23)24/h3-4,9,12-13,18H,1-2,5-8,10H2,(H,23,24). The molecule has 1 aromatic carbocycles. The molecular formula is C19H21F2NO4. The zero-order valence-corrected chi connectivity index (χ0v) is 14.3. The molecule has 140 valence electrons. The third kappa shape index (κ3) is 4.06. The third-order valence-electron chi connectivity index (χ3n) is 5.29. The van der Waals surface area contributed by atoms with E-state index in [0.717, 1.165) is 12.8 Å². The van der Waals surface area contributed by atoms with Crippen LogP contribution in [0.4, 0.5) is 8.78 Å². The van der Waals surface area contributed by atoms with Gasteiger partial charge in [0, 0.05) is 0 Å². The molecular weight excluding hydrogens is 344 g/mol. The van der Waals surface area contributed by atoms with Crippen molar-refractivity contribution < 1.29 is 28.2 Å². The zero-order valence-electron chi connectivity index (χ0n) is 14.3. The van der Waals surface area contributed by atoms with Crippen LogP contribution in [0.15, 0.2) is 18.2 Å². The van der Waals surface area contributed by atoms with Crippen LogP contribution in [-0.2, 0) is 10.2 Å². The van der Waals surface area contributed by atoms with Gasteiger partial charge in [0.05, 0.1) is 24.0 Å². The van der Waals surface area contributed by atoms with Gasteiger partial charge < -0.3 is 14.6 Å². The Morgan fingerprint density at radius 1 is 1.27 bits per heavy atom. The number of nitriles is 1. The first-order valence-corrected chi connectivity index (χ1v) is 8.80. The van der Waals surface area contributed by atoms with Gasteiger partial charge in [0.15, 0.2) is 11.5 Å². The van der Waals surface area contributed by atoms with E-state index >= 15 is 0 Å². The summed E-state index contributed by atoms with van der Waals surface area (Å²) in [7, 11) is 0. The number of rotatable bonds is 7. The lowest BCUT2D eigenvalue weighted by Crippen LogP contribution is -2.32. The van der Waals surface area contributed by atoms with Gasteiger partial charge in [-0.25, -0.2) is 0 Å². The second-order valence-electron chi connectivity index (χ2n) is 7.10. The molecule has 2 aliphatic carbocycles. The topological polar surface area (TPSA) is 79.5 Å². The summed E-state index contributed by atoms with van der Waals surface area (Å²) in [6.07, 6.45) is 3.77. The molecule has 0 aromatic heterocycles. The molecule has 2 saturated carbocycles. The van der Waals surface area contributed by atoms with E-state index in [9.17, 15) is 18.8 Å². The second kappa shape index (κ2) is 7.48. The third-order valence-corrected chi connectivity index (χ3v) is 5.29. The van der Waals surface area contributed by atoms with Crippen LogP contribution >= 0.6 is 0 Å². The molecule has 1 aromatic rings. The SMILES string of the molecule is N#CC1(c2ccc(OC(F)F)c(OCC3CC3)c2)CCC(C(=O)O)CC1. The highest BCUT2D eigenvalue weighted by Gasteiger charge is 2.39. The Hall–Kier alpha value is -2.36. The van der Waals surface area contributed by atoms with Crippen molar-refractivity contribution in [2.45, 2.75) is 50.6 Å². The van der Waals surface area contributed by atoms with Crippen molar-refractivity contribution in [1.82, 2.24) is 0 Å². The number of carboxylic acids is 1. The van der Waals surface area contributed by atoms with Crippen molar-refractivity contribution in [1.29, 1.82) is 5.26 Å². The molecule has 0 saturated heterocycles. The molecule has 0 bridgehead atoms. The molecule has 0 unspecified atom stereocenters. The summed E-state index contributed by atoms with van der Waals surface area (Å²) in [5, 5.41) is 18.9. The zero-order chi connectivity index (χ0) is 18.7. The fourth-order valence-electron chi connectivity index (χ4n) is 3.43. The largest absolute Gasteiger partial charge is 0.489 e. The van der Waals surface area contributed by atoms with E-state index in [4.69, 9.17) is 9.84 Å². The average Bonchev–Trinajstić information content (AvgIpc) is 3.44. The highest BCUT2D eigenvalue weighted by Crippen LogP contribution is 2.44. The number of carboxylic acid groups (broad SMARTS) is 1. The Morgan fingerprint density at radius 3 is 2.50 bits per heavy atom. The number of benzene rings is 1. The lowest BCUT2D eigenvalue weighted by molar-refractivity contribution is -0.143. The summed E-state index contributed by atoms with van der Waals surface area (Å²) in [5.41, 5.74) is -0.163. The Morgan fingerprint density at radius 2 is 1.96 bits per heavy atom. The summed E-state index contributed by atoms with van der Waals surface area (Å²) in [6, 6.07) is 6.93. The minimum absolute atomic E-state index is 0.0447. The number of hydrogen-bond acceptors (Lipinski definition) is 4. The van der Waals surface area contributed by atoms with Crippen molar-refractivity contribution in [3.05, 3.63) is 23.8 Å². The minimum Gasteiger partial charge on any atom is -0.489 e. The molecule has 5 nitrogen and oxygen atoms in total. The first-order chi connectivity index (χ1) is 12.4. The van der Waals surface area contributed by atoms with Gasteiger partial charge in [0.25, 0.3) is 0 Å². The van der Waals surface area contributed by atoms with Crippen molar-refractivity contribution in [3.63, 3.8) is 0 Å². The Labute approximate surface area is 150 Å². The molecule has 7 heteroatoms. The van der Waals surface area contributed by atoms with Crippen LogP contribution in [0, 0.1) is 23.2 Å². The summed E-state index contributed by atoms with van der Waals surface area (Å²) in [5.74, 6) is -0.676. The lowest BCUT2D eigenvalue weighted by Gasteiger charge is -2.34. The maximum Gasteiger partial charge on any atom is 0.387 e. The van der Waals surface area contributed by atoms with Crippen LogP contribution in [-0.4, -0.2) is 24.3 Å². The molecule has 26 heavy (non-hydrogen) atoms. The van der Waals surface area contributed by atoms with Gasteiger partial charge in [0.2, 0.25) is 0 Å². The average molecular weight is 365 g/mol. The number of halogens is 2. The van der Waals surface area contributed by atoms with Gasteiger partial charge in [-0.15, -0.1) is 0 Å². The lowest BCUT2D eigenvalue weighted by atomic mass is 9.67. The fourth-order valence-corrected chi connectivity index (χ4v) is 3.43. The minimum atomic E-state index is -2.96. The molecule has 2 fully saturated rings. The van der Waals surface area contributed by atoms with Crippen LogP contribution in [0.2, 0.25) is 0 Å². The van der Waals surface area contributed by atoms with Gasteiger partial charge >= 0.3 is 12.6 Å². The summed E-state index contributed by atoms with van der Waals surface area (Å²) < 4.78 is 35.5. The molecule has 0 spiro atoms. The number of hydrogen-bond donors (Lipinski definition) is 1. The number of ether oxygens (including phenoxy) is 2. The summed E-state index contributed by atoms with van der Waals surface area (Å²) in [6.45, 7) is -2.52. The van der Waals surface area contributed by atoms with E-state index in [-0.39, 0.29) is 11.5 Å². The van der Waals surface area contributed by atoms with E-state index in [2.05, 4.69) is 10.8 Å². The molecule has 0 aliphatic heterocycles. The maximum atomic E-state index is 12.6. The second-order valence-corrected chi connectivity index (χ2v) is 7.10. The Bertz CT molecular complexity index is 704. The molecule has 0 heterocycles. The van der Waals surface area contributed by atoms with E-state index in [1.54, 1.807) is 12.1 Å². The predicted octanol–water partition coefficient (Wildman–Crippen LogP) is 4.11. The summed E-state index contributed by atoms with van der Waals surface area (Å²) in [4.78, 5) is 11.2. The number of nitrogens with zero attached hydrogens (tertiary/aromatic N) is 1. The highest BCUT2D eigenvalue weighted by molar-refractivity contribution is 5.70. The van der Waals surface area contributed by atoms with Gasteiger partial charge in [-0.2, -0.15) is 14.0 Å². The van der Waals surface area contributed by atoms with Gasteiger partial charge in [-0.1, -0.05) is 6.07 Å². The number of carbonyl (C=O) groups is 1. The normalized spacial score (nSPS) is 25.5. The molecule has 0 radical (unpaired) electrons. The van der Waals surface area contributed by atoms with Crippen molar-refractivity contribution in [2.75, 3.05) is 6.61 Å². The first-order valence-electron chi connectivity index (χ1n) is 8.80. The van der Waals surface area contributed by atoms with Crippen molar-refractivity contribution in [3.8, 4) is 17.6 Å². The van der Waals surface area contributed by atoms with Gasteiger partial charge in [-0.05, 0) is 62.1 Å². The van der Waals surface area contributed by atoms with Crippen LogP contribution < -0.4 is 9.47 Å².